The molecule has 1 fully saturated rings. The zero-order valence-electron chi connectivity index (χ0n) is 9.76. The zero-order chi connectivity index (χ0) is 11.7. The first-order valence-electron chi connectivity index (χ1n) is 6.27. The summed E-state index contributed by atoms with van der Waals surface area (Å²) in [6.45, 7) is 0. The van der Waals surface area contributed by atoms with Crippen LogP contribution < -0.4 is 5.32 Å². The number of rotatable bonds is 2. The van der Waals surface area contributed by atoms with E-state index in [1.165, 1.54) is 10.8 Å². The Morgan fingerprint density at radius 1 is 1.00 bits per heavy atom. The largest absolute Gasteiger partial charge is 0.391 e. The van der Waals surface area contributed by atoms with Gasteiger partial charge in [0.1, 0.15) is 0 Å². The van der Waals surface area contributed by atoms with Gasteiger partial charge in [-0.15, -0.1) is 0 Å². The SMILES string of the molecule is OC1CCCC1Nc1cccc2ccccc12. The highest BCUT2D eigenvalue weighted by molar-refractivity contribution is 5.93. The lowest BCUT2D eigenvalue weighted by atomic mass is 10.1. The van der Waals surface area contributed by atoms with Crippen LogP contribution in [0.15, 0.2) is 42.5 Å². The Balaban J connectivity index is 1.94. The van der Waals surface area contributed by atoms with E-state index >= 15 is 0 Å². The van der Waals surface area contributed by atoms with Crippen molar-refractivity contribution in [2.24, 2.45) is 0 Å². The fraction of sp³-hybridized carbons (Fsp3) is 0.333. The van der Waals surface area contributed by atoms with Crippen molar-refractivity contribution < 1.29 is 5.11 Å². The Hall–Kier alpha value is -1.54. The summed E-state index contributed by atoms with van der Waals surface area (Å²) in [7, 11) is 0. The fourth-order valence-corrected chi connectivity index (χ4v) is 2.66. The number of hydrogen-bond acceptors (Lipinski definition) is 2. The minimum atomic E-state index is -0.200. The molecule has 2 nitrogen and oxygen atoms in total. The molecule has 2 heteroatoms. The molecule has 1 aliphatic carbocycles. The van der Waals surface area contributed by atoms with Crippen LogP contribution in [0.3, 0.4) is 0 Å². The first-order valence-corrected chi connectivity index (χ1v) is 6.27. The van der Waals surface area contributed by atoms with Crippen molar-refractivity contribution in [1.82, 2.24) is 0 Å². The second-order valence-electron chi connectivity index (χ2n) is 4.78. The molecule has 0 heterocycles. The van der Waals surface area contributed by atoms with E-state index in [0.29, 0.717) is 0 Å². The summed E-state index contributed by atoms with van der Waals surface area (Å²) in [5, 5.41) is 15.8. The summed E-state index contributed by atoms with van der Waals surface area (Å²) < 4.78 is 0. The lowest BCUT2D eigenvalue weighted by Gasteiger charge is -2.19. The minimum Gasteiger partial charge on any atom is -0.391 e. The molecule has 2 unspecified atom stereocenters. The van der Waals surface area contributed by atoms with Gasteiger partial charge in [-0.05, 0) is 30.7 Å². The van der Waals surface area contributed by atoms with Gasteiger partial charge in [-0.1, -0.05) is 36.4 Å². The van der Waals surface area contributed by atoms with Gasteiger partial charge in [0, 0.05) is 11.1 Å². The van der Waals surface area contributed by atoms with Crippen LogP contribution in [0.2, 0.25) is 0 Å². The summed E-state index contributed by atoms with van der Waals surface area (Å²) in [4.78, 5) is 0. The van der Waals surface area contributed by atoms with Crippen LogP contribution >= 0.6 is 0 Å². The molecule has 0 spiro atoms. The highest BCUT2D eigenvalue weighted by Gasteiger charge is 2.25. The third kappa shape index (κ3) is 2.01. The van der Waals surface area contributed by atoms with E-state index in [2.05, 4.69) is 47.8 Å². The van der Waals surface area contributed by atoms with Crippen molar-refractivity contribution in [3.05, 3.63) is 42.5 Å². The molecular formula is C15H17NO. The molecule has 17 heavy (non-hydrogen) atoms. The van der Waals surface area contributed by atoms with Crippen LogP contribution in [0, 0.1) is 0 Å². The molecule has 2 atom stereocenters. The van der Waals surface area contributed by atoms with Gasteiger partial charge >= 0.3 is 0 Å². The van der Waals surface area contributed by atoms with Gasteiger partial charge in [0.05, 0.1) is 12.1 Å². The Kier molecular flexibility index (Phi) is 2.73. The van der Waals surface area contributed by atoms with Crippen LogP contribution in [0.1, 0.15) is 19.3 Å². The second kappa shape index (κ2) is 4.38. The van der Waals surface area contributed by atoms with Crippen molar-refractivity contribution in [2.75, 3.05) is 5.32 Å². The van der Waals surface area contributed by atoms with Crippen molar-refractivity contribution in [3.63, 3.8) is 0 Å². The summed E-state index contributed by atoms with van der Waals surface area (Å²) in [6, 6.07) is 14.8. The summed E-state index contributed by atoms with van der Waals surface area (Å²) in [5.41, 5.74) is 1.13. The molecule has 0 amide bonds. The maximum absolute atomic E-state index is 9.86. The average molecular weight is 227 g/mol. The van der Waals surface area contributed by atoms with Crippen molar-refractivity contribution >= 4 is 16.5 Å². The number of aliphatic hydroxyl groups is 1. The lowest BCUT2D eigenvalue weighted by molar-refractivity contribution is 0.172. The third-order valence-electron chi connectivity index (χ3n) is 3.61. The molecule has 1 aliphatic rings. The Bertz CT molecular complexity index is 518. The monoisotopic (exact) mass is 227 g/mol. The Morgan fingerprint density at radius 3 is 2.65 bits per heavy atom. The average Bonchev–Trinajstić information content (AvgIpc) is 2.76. The van der Waals surface area contributed by atoms with Crippen molar-refractivity contribution in [2.45, 2.75) is 31.4 Å². The molecule has 88 valence electrons. The van der Waals surface area contributed by atoms with E-state index in [9.17, 15) is 5.11 Å². The predicted octanol–water partition coefficient (Wildman–Crippen LogP) is 3.17. The highest BCUT2D eigenvalue weighted by Crippen LogP contribution is 2.27. The molecule has 0 saturated heterocycles. The predicted molar refractivity (Wildman–Crippen MR) is 71.2 cm³/mol. The molecule has 0 aromatic heterocycles. The summed E-state index contributed by atoms with van der Waals surface area (Å²) in [5.74, 6) is 0. The molecule has 2 aromatic carbocycles. The number of aliphatic hydroxyl groups excluding tert-OH is 1. The maximum Gasteiger partial charge on any atom is 0.0741 e. The van der Waals surface area contributed by atoms with E-state index in [1.54, 1.807) is 0 Å². The number of fused-ring (bicyclic) bond motifs is 1. The second-order valence-corrected chi connectivity index (χ2v) is 4.78. The number of nitrogens with one attached hydrogen (secondary N) is 1. The van der Waals surface area contributed by atoms with Gasteiger partial charge in [0.2, 0.25) is 0 Å². The number of anilines is 1. The Labute approximate surface area is 101 Å². The van der Waals surface area contributed by atoms with Crippen molar-refractivity contribution in [1.29, 1.82) is 0 Å². The smallest absolute Gasteiger partial charge is 0.0741 e. The molecule has 1 saturated carbocycles. The van der Waals surface area contributed by atoms with Gasteiger partial charge < -0.3 is 10.4 Å². The topological polar surface area (TPSA) is 32.3 Å². The molecule has 3 rings (SSSR count). The first kappa shape index (κ1) is 10.6. The highest BCUT2D eigenvalue weighted by atomic mass is 16.3. The summed E-state index contributed by atoms with van der Waals surface area (Å²) >= 11 is 0. The standard InChI is InChI=1S/C15H17NO/c17-15-10-4-9-14(15)16-13-8-3-6-11-5-1-2-7-12(11)13/h1-3,5-8,14-17H,4,9-10H2. The van der Waals surface area contributed by atoms with Crippen LogP contribution in [-0.2, 0) is 0 Å². The van der Waals surface area contributed by atoms with E-state index in [1.807, 2.05) is 0 Å². The maximum atomic E-state index is 9.86. The van der Waals surface area contributed by atoms with Crippen LogP contribution in [-0.4, -0.2) is 17.3 Å². The van der Waals surface area contributed by atoms with Crippen LogP contribution in [0.4, 0.5) is 5.69 Å². The normalized spacial score (nSPS) is 24.1. The van der Waals surface area contributed by atoms with E-state index < -0.39 is 0 Å². The number of hydrogen-bond donors (Lipinski definition) is 2. The lowest BCUT2D eigenvalue weighted by Crippen LogP contribution is -2.27. The van der Waals surface area contributed by atoms with Gasteiger partial charge in [-0.2, -0.15) is 0 Å². The molecule has 0 aliphatic heterocycles. The quantitative estimate of drug-likeness (QED) is 0.826. The molecule has 0 bridgehead atoms. The molecule has 0 radical (unpaired) electrons. The van der Waals surface area contributed by atoms with E-state index in [0.717, 1.165) is 24.9 Å². The zero-order valence-corrected chi connectivity index (χ0v) is 9.76. The first-order chi connectivity index (χ1) is 8.34. The van der Waals surface area contributed by atoms with Gasteiger partial charge in [-0.3, -0.25) is 0 Å². The minimum absolute atomic E-state index is 0.200. The van der Waals surface area contributed by atoms with E-state index in [4.69, 9.17) is 0 Å². The number of benzene rings is 2. The Morgan fingerprint density at radius 2 is 1.82 bits per heavy atom. The van der Waals surface area contributed by atoms with Gasteiger partial charge in [0.15, 0.2) is 0 Å². The molecular weight excluding hydrogens is 210 g/mol. The van der Waals surface area contributed by atoms with Gasteiger partial charge in [-0.25, -0.2) is 0 Å². The van der Waals surface area contributed by atoms with Crippen molar-refractivity contribution in [3.8, 4) is 0 Å². The third-order valence-corrected chi connectivity index (χ3v) is 3.61. The van der Waals surface area contributed by atoms with Gasteiger partial charge in [0.25, 0.3) is 0 Å². The van der Waals surface area contributed by atoms with Crippen LogP contribution in [0.5, 0.6) is 0 Å². The molecule has 2 N–H and O–H groups in total. The fourth-order valence-electron chi connectivity index (χ4n) is 2.66. The summed E-state index contributed by atoms with van der Waals surface area (Å²) in [6.07, 6.45) is 2.89. The van der Waals surface area contributed by atoms with Crippen LogP contribution in [0.25, 0.3) is 10.8 Å². The van der Waals surface area contributed by atoms with E-state index in [-0.39, 0.29) is 12.1 Å². The molecule has 2 aromatic rings.